The van der Waals surface area contributed by atoms with Crippen molar-refractivity contribution in [2.45, 2.75) is 25.7 Å². The topological polar surface area (TPSA) is 0 Å². The van der Waals surface area contributed by atoms with E-state index in [0.717, 1.165) is 0 Å². The number of hydrogen-bond acceptors (Lipinski definition) is 0. The Morgan fingerprint density at radius 2 is 2.00 bits per heavy atom. The van der Waals surface area contributed by atoms with Crippen LogP contribution in [0.1, 0.15) is 25.7 Å². The lowest BCUT2D eigenvalue weighted by atomic mass is 9.81. The first-order valence-electron chi connectivity index (χ1n) is 3.97. The van der Waals surface area contributed by atoms with E-state index in [1.165, 1.54) is 23.7 Å². The van der Waals surface area contributed by atoms with Gasteiger partial charge in [0, 0.05) is 0 Å². The van der Waals surface area contributed by atoms with E-state index >= 15 is 0 Å². The highest BCUT2D eigenvalue weighted by Crippen LogP contribution is 2.70. The molecule has 3 rings (SSSR count). The van der Waals surface area contributed by atoms with Crippen LogP contribution in [0.2, 0.25) is 0 Å². The molecular formula is C8H12. The van der Waals surface area contributed by atoms with Crippen molar-refractivity contribution in [3.8, 4) is 0 Å². The highest BCUT2D eigenvalue weighted by molar-refractivity contribution is 5.11. The second kappa shape index (κ2) is 0.984. The van der Waals surface area contributed by atoms with Crippen molar-refractivity contribution in [1.29, 1.82) is 0 Å². The van der Waals surface area contributed by atoms with Gasteiger partial charge in [0.05, 0.1) is 0 Å². The molecule has 0 saturated heterocycles. The van der Waals surface area contributed by atoms with Gasteiger partial charge in [0.25, 0.3) is 0 Å². The Hall–Kier alpha value is 0. The van der Waals surface area contributed by atoms with Gasteiger partial charge in [-0.2, -0.15) is 0 Å². The summed E-state index contributed by atoms with van der Waals surface area (Å²) in [6, 6.07) is 0. The van der Waals surface area contributed by atoms with Crippen LogP contribution in [0.4, 0.5) is 0 Å². The van der Waals surface area contributed by atoms with Crippen LogP contribution in [0.25, 0.3) is 0 Å². The van der Waals surface area contributed by atoms with Crippen molar-refractivity contribution in [3.05, 3.63) is 0 Å². The molecule has 0 aromatic rings. The van der Waals surface area contributed by atoms with Gasteiger partial charge in [-0.3, -0.25) is 0 Å². The van der Waals surface area contributed by atoms with Gasteiger partial charge in [-0.05, 0) is 36.5 Å². The van der Waals surface area contributed by atoms with Crippen LogP contribution >= 0.6 is 0 Å². The molecule has 3 fully saturated rings. The highest BCUT2D eigenvalue weighted by atomic mass is 14.7. The van der Waals surface area contributed by atoms with Gasteiger partial charge in [0.1, 0.15) is 0 Å². The zero-order valence-electron chi connectivity index (χ0n) is 5.14. The molecule has 3 saturated carbocycles. The van der Waals surface area contributed by atoms with Crippen LogP contribution in [0.3, 0.4) is 0 Å². The van der Waals surface area contributed by atoms with Crippen molar-refractivity contribution in [3.63, 3.8) is 0 Å². The van der Waals surface area contributed by atoms with Crippen molar-refractivity contribution < 1.29 is 0 Å². The van der Waals surface area contributed by atoms with Crippen molar-refractivity contribution in [2.24, 2.45) is 23.7 Å². The normalized spacial score (nSPS) is 66.0. The molecular weight excluding hydrogens is 96.1 g/mol. The number of rotatable bonds is 0. The largest absolute Gasteiger partial charge is 0.0527 e. The van der Waals surface area contributed by atoms with Gasteiger partial charge in [-0.15, -0.1) is 0 Å². The summed E-state index contributed by atoms with van der Waals surface area (Å²) in [5, 5.41) is 0. The molecule has 0 unspecified atom stereocenters. The van der Waals surface area contributed by atoms with Crippen LogP contribution in [-0.4, -0.2) is 0 Å². The molecule has 0 nitrogen and oxygen atoms in total. The molecule has 0 heterocycles. The number of fused-ring (bicyclic) bond motifs is 1. The van der Waals surface area contributed by atoms with Gasteiger partial charge in [-0.1, -0.05) is 12.8 Å². The van der Waals surface area contributed by atoms with Crippen LogP contribution < -0.4 is 0 Å². The van der Waals surface area contributed by atoms with Gasteiger partial charge >= 0.3 is 0 Å². The standard InChI is InChI=1S/C8H12/c1-2-5-4-7-6(3-1)8(5)7/h5-8H,1-4H2/t5-,6+,7-,8+/m0/s1. The van der Waals surface area contributed by atoms with E-state index in [0.29, 0.717) is 0 Å². The first-order valence-corrected chi connectivity index (χ1v) is 3.97. The smallest absolute Gasteiger partial charge is 0.0323 e. The molecule has 3 aliphatic carbocycles. The molecule has 0 bridgehead atoms. The summed E-state index contributed by atoms with van der Waals surface area (Å²) < 4.78 is 0. The molecule has 4 atom stereocenters. The molecule has 0 amide bonds. The molecule has 8 heavy (non-hydrogen) atoms. The molecule has 0 aromatic heterocycles. The summed E-state index contributed by atoms with van der Waals surface area (Å²) in [5.41, 5.74) is 0. The monoisotopic (exact) mass is 108 g/mol. The fourth-order valence-corrected chi connectivity index (χ4v) is 3.15. The molecule has 3 aliphatic rings. The third-order valence-corrected chi connectivity index (χ3v) is 3.63. The van der Waals surface area contributed by atoms with Crippen LogP contribution in [0.15, 0.2) is 0 Å². The van der Waals surface area contributed by atoms with Crippen molar-refractivity contribution in [1.82, 2.24) is 0 Å². The predicted molar refractivity (Wildman–Crippen MR) is 32.4 cm³/mol. The summed E-state index contributed by atoms with van der Waals surface area (Å²) in [4.78, 5) is 0. The molecule has 0 aliphatic heterocycles. The molecule has 0 radical (unpaired) electrons. The lowest BCUT2D eigenvalue weighted by Gasteiger charge is -2.25. The Morgan fingerprint density at radius 3 is 2.75 bits per heavy atom. The van der Waals surface area contributed by atoms with Gasteiger partial charge in [0.2, 0.25) is 0 Å². The molecule has 0 spiro atoms. The first kappa shape index (κ1) is 3.92. The van der Waals surface area contributed by atoms with E-state index in [2.05, 4.69) is 0 Å². The lowest BCUT2D eigenvalue weighted by molar-refractivity contribution is 0.252. The van der Waals surface area contributed by atoms with E-state index in [4.69, 9.17) is 0 Å². The summed E-state index contributed by atoms with van der Waals surface area (Å²) in [5.74, 6) is 4.98. The number of hydrogen-bond donors (Lipinski definition) is 0. The van der Waals surface area contributed by atoms with E-state index < -0.39 is 0 Å². The maximum Gasteiger partial charge on any atom is -0.0323 e. The summed E-state index contributed by atoms with van der Waals surface area (Å²) in [6.45, 7) is 0. The Labute approximate surface area is 50.3 Å². The van der Waals surface area contributed by atoms with Crippen LogP contribution in [-0.2, 0) is 0 Å². The fraction of sp³-hybridized carbons (Fsp3) is 1.00. The predicted octanol–water partition coefficient (Wildman–Crippen LogP) is 2.05. The van der Waals surface area contributed by atoms with E-state index in [1.54, 1.807) is 25.7 Å². The van der Waals surface area contributed by atoms with Crippen molar-refractivity contribution >= 4 is 0 Å². The van der Waals surface area contributed by atoms with Crippen LogP contribution in [0, 0.1) is 23.7 Å². The zero-order chi connectivity index (χ0) is 5.14. The maximum atomic E-state index is 1.62. The molecule has 0 aromatic carbocycles. The first-order chi connectivity index (χ1) is 3.97. The van der Waals surface area contributed by atoms with Gasteiger partial charge in [0.15, 0.2) is 0 Å². The zero-order valence-corrected chi connectivity index (χ0v) is 5.14. The second-order valence-electron chi connectivity index (χ2n) is 3.83. The maximum absolute atomic E-state index is 1.62. The van der Waals surface area contributed by atoms with E-state index in [1.807, 2.05) is 0 Å². The van der Waals surface area contributed by atoms with E-state index in [-0.39, 0.29) is 0 Å². The average Bonchev–Trinajstić information content (AvgIpc) is 2.33. The average molecular weight is 108 g/mol. The minimum atomic E-state index is 1.22. The van der Waals surface area contributed by atoms with Crippen molar-refractivity contribution in [2.75, 3.05) is 0 Å². The fourth-order valence-electron chi connectivity index (χ4n) is 3.15. The Bertz CT molecular complexity index is 114. The Kier molecular flexibility index (Phi) is 0.482. The quantitative estimate of drug-likeness (QED) is 0.445. The molecule has 0 N–H and O–H groups in total. The minimum absolute atomic E-state index is 1.22. The van der Waals surface area contributed by atoms with Gasteiger partial charge < -0.3 is 0 Å². The van der Waals surface area contributed by atoms with E-state index in [9.17, 15) is 0 Å². The lowest BCUT2D eigenvalue weighted by Crippen LogP contribution is -2.16. The summed E-state index contributed by atoms with van der Waals surface area (Å²) in [6.07, 6.45) is 6.35. The molecule has 0 heteroatoms. The minimum Gasteiger partial charge on any atom is -0.0527 e. The third-order valence-electron chi connectivity index (χ3n) is 3.63. The van der Waals surface area contributed by atoms with Crippen LogP contribution in [0.5, 0.6) is 0 Å². The van der Waals surface area contributed by atoms with Gasteiger partial charge in [-0.25, -0.2) is 0 Å². The third kappa shape index (κ3) is 0.260. The second-order valence-corrected chi connectivity index (χ2v) is 3.83. The SMILES string of the molecule is C1C[C@H]2C[C@H]3[C@@H](C1)[C@@H]23. The highest BCUT2D eigenvalue weighted by Gasteiger charge is 2.63. The summed E-state index contributed by atoms with van der Waals surface area (Å²) >= 11 is 0. The Balaban J connectivity index is 1.93. The summed E-state index contributed by atoms with van der Waals surface area (Å²) in [7, 11) is 0. The Morgan fingerprint density at radius 1 is 1.00 bits per heavy atom. The molecule has 44 valence electrons.